The van der Waals surface area contributed by atoms with Crippen LogP contribution in [0.25, 0.3) is 0 Å². The number of carboxylic acids is 1. The third-order valence-electron chi connectivity index (χ3n) is 3.02. The molecule has 0 aliphatic rings. The van der Waals surface area contributed by atoms with E-state index in [1.54, 1.807) is 19.2 Å². The molecule has 0 heterocycles. The van der Waals surface area contributed by atoms with Crippen LogP contribution in [-0.2, 0) is 13.1 Å². The maximum absolute atomic E-state index is 10.7. The quantitative estimate of drug-likeness (QED) is 0.848. The monoisotopic (exact) mass is 271 g/mol. The topological polar surface area (TPSA) is 58.6 Å². The van der Waals surface area contributed by atoms with Crippen LogP contribution in [0.3, 0.4) is 0 Å². The highest BCUT2D eigenvalue weighted by Crippen LogP contribution is 2.11. The third kappa shape index (κ3) is 3.83. The summed E-state index contributed by atoms with van der Waals surface area (Å²) in [7, 11) is 1.65. The van der Waals surface area contributed by atoms with Crippen molar-refractivity contribution < 1.29 is 14.6 Å². The third-order valence-corrected chi connectivity index (χ3v) is 3.02. The van der Waals surface area contributed by atoms with E-state index >= 15 is 0 Å². The molecule has 0 saturated carbocycles. The van der Waals surface area contributed by atoms with Gasteiger partial charge in [0.05, 0.1) is 12.7 Å². The van der Waals surface area contributed by atoms with Crippen LogP contribution in [0.1, 0.15) is 21.5 Å². The summed E-state index contributed by atoms with van der Waals surface area (Å²) in [5.41, 5.74) is 2.54. The van der Waals surface area contributed by atoms with E-state index in [1.807, 2.05) is 36.4 Å². The molecule has 20 heavy (non-hydrogen) atoms. The van der Waals surface area contributed by atoms with E-state index in [1.165, 1.54) is 5.56 Å². The normalized spacial score (nSPS) is 10.2. The second kappa shape index (κ2) is 6.73. The van der Waals surface area contributed by atoms with Crippen molar-refractivity contribution in [2.24, 2.45) is 0 Å². The number of aromatic carboxylic acids is 1. The van der Waals surface area contributed by atoms with Gasteiger partial charge in [-0.25, -0.2) is 4.79 Å². The zero-order valence-electron chi connectivity index (χ0n) is 11.3. The summed E-state index contributed by atoms with van der Waals surface area (Å²) in [6.07, 6.45) is 0. The molecule has 0 amide bonds. The van der Waals surface area contributed by atoms with Gasteiger partial charge in [0.15, 0.2) is 0 Å². The summed E-state index contributed by atoms with van der Waals surface area (Å²) >= 11 is 0. The highest BCUT2D eigenvalue weighted by atomic mass is 16.5. The number of hydrogen-bond donors (Lipinski definition) is 2. The molecule has 0 aromatic heterocycles. The van der Waals surface area contributed by atoms with Crippen LogP contribution in [0, 0.1) is 0 Å². The molecule has 2 aromatic rings. The number of methoxy groups -OCH3 is 1. The number of carboxylic acid groups (broad SMARTS) is 1. The predicted molar refractivity (Wildman–Crippen MR) is 76.9 cm³/mol. The Morgan fingerprint density at radius 1 is 1.00 bits per heavy atom. The molecule has 2 aromatic carbocycles. The molecule has 0 unspecified atom stereocenters. The van der Waals surface area contributed by atoms with Crippen molar-refractivity contribution in [2.45, 2.75) is 13.1 Å². The maximum atomic E-state index is 10.7. The summed E-state index contributed by atoms with van der Waals surface area (Å²) in [4.78, 5) is 10.7. The molecule has 0 saturated heterocycles. The van der Waals surface area contributed by atoms with Crippen LogP contribution in [0.2, 0.25) is 0 Å². The van der Waals surface area contributed by atoms with Gasteiger partial charge in [-0.2, -0.15) is 0 Å². The van der Waals surface area contributed by atoms with Crippen LogP contribution in [-0.4, -0.2) is 18.2 Å². The molecule has 0 atom stereocenters. The lowest BCUT2D eigenvalue weighted by Crippen LogP contribution is -2.12. The average molecular weight is 271 g/mol. The van der Waals surface area contributed by atoms with Crippen molar-refractivity contribution >= 4 is 5.97 Å². The molecular weight excluding hydrogens is 254 g/mol. The van der Waals surface area contributed by atoms with Crippen LogP contribution in [0.4, 0.5) is 0 Å². The maximum Gasteiger partial charge on any atom is 0.335 e. The van der Waals surface area contributed by atoms with Crippen molar-refractivity contribution in [3.63, 3.8) is 0 Å². The van der Waals surface area contributed by atoms with Gasteiger partial charge in [0, 0.05) is 13.1 Å². The second-order valence-corrected chi connectivity index (χ2v) is 4.45. The first-order chi connectivity index (χ1) is 9.69. The lowest BCUT2D eigenvalue weighted by Gasteiger charge is -2.06. The number of nitrogens with one attached hydrogen (secondary N) is 1. The van der Waals surface area contributed by atoms with Gasteiger partial charge < -0.3 is 15.2 Å². The van der Waals surface area contributed by atoms with Crippen LogP contribution in [0.5, 0.6) is 5.75 Å². The minimum Gasteiger partial charge on any atom is -0.497 e. The first-order valence-electron chi connectivity index (χ1n) is 6.35. The fourth-order valence-corrected chi connectivity index (χ4v) is 1.86. The van der Waals surface area contributed by atoms with Crippen LogP contribution >= 0.6 is 0 Å². The van der Waals surface area contributed by atoms with Gasteiger partial charge in [-0.3, -0.25) is 0 Å². The Labute approximate surface area is 118 Å². The minimum absolute atomic E-state index is 0.309. The van der Waals surface area contributed by atoms with Gasteiger partial charge in [0.25, 0.3) is 0 Å². The van der Waals surface area contributed by atoms with E-state index in [0.717, 1.165) is 17.9 Å². The van der Waals surface area contributed by atoms with Gasteiger partial charge in [-0.05, 0) is 35.4 Å². The van der Waals surface area contributed by atoms with Crippen molar-refractivity contribution in [1.82, 2.24) is 5.32 Å². The van der Waals surface area contributed by atoms with Crippen LogP contribution in [0.15, 0.2) is 48.5 Å². The summed E-state index contributed by atoms with van der Waals surface area (Å²) in [6, 6.07) is 14.8. The molecule has 104 valence electrons. The number of benzene rings is 2. The molecule has 0 aliphatic heterocycles. The fourth-order valence-electron chi connectivity index (χ4n) is 1.86. The van der Waals surface area contributed by atoms with E-state index in [9.17, 15) is 4.79 Å². The lowest BCUT2D eigenvalue weighted by atomic mass is 10.1. The van der Waals surface area contributed by atoms with Gasteiger partial charge >= 0.3 is 5.97 Å². The molecule has 2 rings (SSSR count). The number of carbonyl (C=O) groups is 1. The van der Waals surface area contributed by atoms with E-state index in [-0.39, 0.29) is 0 Å². The molecule has 4 nitrogen and oxygen atoms in total. The smallest absolute Gasteiger partial charge is 0.335 e. The summed E-state index contributed by atoms with van der Waals surface area (Å²) in [5, 5.41) is 12.1. The average Bonchev–Trinajstić information content (AvgIpc) is 2.48. The van der Waals surface area contributed by atoms with Gasteiger partial charge in [-0.15, -0.1) is 0 Å². The van der Waals surface area contributed by atoms with Gasteiger partial charge in [0.1, 0.15) is 5.75 Å². The van der Waals surface area contributed by atoms with E-state index in [4.69, 9.17) is 9.84 Å². The number of ether oxygens (including phenoxy) is 1. The molecule has 0 spiro atoms. The largest absolute Gasteiger partial charge is 0.497 e. The highest BCUT2D eigenvalue weighted by Gasteiger charge is 2.01. The SMILES string of the molecule is COc1ccc(CNCc2ccc(C(=O)O)cc2)cc1. The Kier molecular flexibility index (Phi) is 4.74. The van der Waals surface area contributed by atoms with Crippen molar-refractivity contribution in [3.05, 3.63) is 65.2 Å². The molecule has 0 bridgehead atoms. The van der Waals surface area contributed by atoms with E-state index in [0.29, 0.717) is 12.1 Å². The Morgan fingerprint density at radius 3 is 1.95 bits per heavy atom. The van der Waals surface area contributed by atoms with E-state index in [2.05, 4.69) is 5.32 Å². The standard InChI is InChI=1S/C16H17NO3/c1-20-15-8-4-13(5-9-15)11-17-10-12-2-6-14(7-3-12)16(18)19/h2-9,17H,10-11H2,1H3,(H,18,19). The Balaban J connectivity index is 1.84. The van der Waals surface area contributed by atoms with Crippen LogP contribution < -0.4 is 10.1 Å². The van der Waals surface area contributed by atoms with Crippen molar-refractivity contribution in [2.75, 3.05) is 7.11 Å². The highest BCUT2D eigenvalue weighted by molar-refractivity contribution is 5.87. The van der Waals surface area contributed by atoms with Crippen molar-refractivity contribution in [3.8, 4) is 5.75 Å². The molecule has 0 radical (unpaired) electrons. The Hall–Kier alpha value is -2.33. The molecule has 0 fully saturated rings. The summed E-state index contributed by atoms with van der Waals surface area (Å²) in [5.74, 6) is -0.0549. The van der Waals surface area contributed by atoms with Crippen molar-refractivity contribution in [1.29, 1.82) is 0 Å². The Morgan fingerprint density at radius 2 is 1.50 bits per heavy atom. The Bertz CT molecular complexity index is 561. The van der Waals surface area contributed by atoms with E-state index < -0.39 is 5.97 Å². The summed E-state index contributed by atoms with van der Waals surface area (Å²) in [6.45, 7) is 1.45. The number of rotatable bonds is 6. The summed E-state index contributed by atoms with van der Waals surface area (Å²) < 4.78 is 5.11. The zero-order valence-corrected chi connectivity index (χ0v) is 11.3. The zero-order chi connectivity index (χ0) is 14.4. The number of hydrogen-bond acceptors (Lipinski definition) is 3. The fraction of sp³-hybridized carbons (Fsp3) is 0.188. The predicted octanol–water partition coefficient (Wildman–Crippen LogP) is 2.68. The molecule has 4 heteroatoms. The van der Waals surface area contributed by atoms with Gasteiger partial charge in [-0.1, -0.05) is 24.3 Å². The second-order valence-electron chi connectivity index (χ2n) is 4.45. The minimum atomic E-state index is -0.900. The molecular formula is C16H17NO3. The lowest BCUT2D eigenvalue weighted by molar-refractivity contribution is 0.0697. The molecule has 2 N–H and O–H groups in total. The first kappa shape index (κ1) is 14.1. The molecule has 0 aliphatic carbocycles. The van der Waals surface area contributed by atoms with Gasteiger partial charge in [0.2, 0.25) is 0 Å². The first-order valence-corrected chi connectivity index (χ1v) is 6.35.